The molecule has 2 heterocycles. The van der Waals surface area contributed by atoms with E-state index in [1.807, 2.05) is 0 Å². The molecule has 0 amide bonds. The van der Waals surface area contributed by atoms with E-state index in [1.165, 1.54) is 37.9 Å². The molecule has 122 valence electrons. The Morgan fingerprint density at radius 2 is 1.52 bits per heavy atom. The molecular formula is C20H27N3. The lowest BCUT2D eigenvalue weighted by molar-refractivity contribution is 0.175. The lowest BCUT2D eigenvalue weighted by atomic mass is 10.0. The highest BCUT2D eigenvalue weighted by Gasteiger charge is 2.18. The molecule has 0 N–H and O–H groups in total. The van der Waals surface area contributed by atoms with Gasteiger partial charge in [-0.15, -0.1) is 0 Å². The van der Waals surface area contributed by atoms with E-state index >= 15 is 0 Å². The minimum Gasteiger partial charge on any atom is -0.297 e. The van der Waals surface area contributed by atoms with Crippen molar-refractivity contribution >= 4 is 0 Å². The van der Waals surface area contributed by atoms with Gasteiger partial charge in [0.1, 0.15) is 0 Å². The van der Waals surface area contributed by atoms with Gasteiger partial charge in [0, 0.05) is 11.6 Å². The van der Waals surface area contributed by atoms with Gasteiger partial charge in [-0.2, -0.15) is 10.2 Å². The van der Waals surface area contributed by atoms with Crippen LogP contribution in [0.3, 0.4) is 0 Å². The summed E-state index contributed by atoms with van der Waals surface area (Å²) in [5.74, 6) is 0.421. The largest absolute Gasteiger partial charge is 0.297 e. The first kappa shape index (κ1) is 16.1. The molecule has 0 aliphatic carbocycles. The van der Waals surface area contributed by atoms with Crippen LogP contribution in [-0.4, -0.2) is 28.2 Å². The minimum absolute atomic E-state index is 0.421. The van der Waals surface area contributed by atoms with Crippen LogP contribution in [0.4, 0.5) is 0 Å². The van der Waals surface area contributed by atoms with Gasteiger partial charge in [-0.1, -0.05) is 44.5 Å². The number of rotatable bonds is 4. The molecule has 0 bridgehead atoms. The Hall–Kier alpha value is -1.74. The molecule has 1 aliphatic rings. The molecule has 23 heavy (non-hydrogen) atoms. The molecule has 1 saturated heterocycles. The van der Waals surface area contributed by atoms with Gasteiger partial charge in [0.15, 0.2) is 0 Å². The van der Waals surface area contributed by atoms with Gasteiger partial charge in [-0.05, 0) is 56.5 Å². The van der Waals surface area contributed by atoms with Crippen LogP contribution in [0.5, 0.6) is 0 Å². The normalized spacial score (nSPS) is 17.4. The average molecular weight is 309 g/mol. The van der Waals surface area contributed by atoms with Crippen LogP contribution < -0.4 is 0 Å². The van der Waals surface area contributed by atoms with Gasteiger partial charge in [0.05, 0.1) is 11.4 Å². The van der Waals surface area contributed by atoms with Crippen molar-refractivity contribution in [3.8, 4) is 11.3 Å². The molecule has 1 aromatic heterocycles. The Bertz CT molecular complexity index is 610. The van der Waals surface area contributed by atoms with Gasteiger partial charge >= 0.3 is 0 Å². The smallest absolute Gasteiger partial charge is 0.0929 e. The van der Waals surface area contributed by atoms with Crippen molar-refractivity contribution in [3.05, 3.63) is 47.7 Å². The quantitative estimate of drug-likeness (QED) is 0.811. The predicted molar refractivity (Wildman–Crippen MR) is 95.4 cm³/mol. The second-order valence-corrected chi connectivity index (χ2v) is 6.89. The molecule has 2 aromatic rings. The molecule has 1 atom stereocenters. The Morgan fingerprint density at radius 1 is 0.826 bits per heavy atom. The van der Waals surface area contributed by atoms with Gasteiger partial charge in [-0.25, -0.2) is 0 Å². The van der Waals surface area contributed by atoms with Gasteiger partial charge in [0.25, 0.3) is 0 Å². The Kier molecular flexibility index (Phi) is 5.06. The third-order valence-electron chi connectivity index (χ3n) is 4.90. The highest BCUT2D eigenvalue weighted by Crippen LogP contribution is 2.26. The highest BCUT2D eigenvalue weighted by atomic mass is 15.2. The Labute approximate surface area is 139 Å². The number of piperidine rings is 1. The van der Waals surface area contributed by atoms with Gasteiger partial charge in [-0.3, -0.25) is 4.90 Å². The maximum Gasteiger partial charge on any atom is 0.0929 e. The number of likely N-dealkylation sites (tertiary alicyclic amines) is 1. The van der Waals surface area contributed by atoms with Crippen molar-refractivity contribution in [2.24, 2.45) is 0 Å². The standard InChI is InChI=1S/C20H27N3/c1-15(2)19-11-12-20(22-21-19)18-9-7-17(8-10-18)16(3)23-13-5-4-6-14-23/h7-12,15-16H,4-6,13-14H2,1-3H3/t16-/m0/s1. The number of hydrogen-bond acceptors (Lipinski definition) is 3. The van der Waals surface area contributed by atoms with E-state index in [4.69, 9.17) is 0 Å². The first-order valence-corrected chi connectivity index (χ1v) is 8.83. The molecule has 3 nitrogen and oxygen atoms in total. The van der Waals surface area contributed by atoms with Crippen LogP contribution in [0.1, 0.15) is 63.3 Å². The van der Waals surface area contributed by atoms with E-state index in [9.17, 15) is 0 Å². The van der Waals surface area contributed by atoms with Crippen molar-refractivity contribution in [1.82, 2.24) is 15.1 Å². The van der Waals surface area contributed by atoms with Crippen LogP contribution in [0.25, 0.3) is 11.3 Å². The fourth-order valence-corrected chi connectivity index (χ4v) is 3.25. The van der Waals surface area contributed by atoms with Crippen molar-refractivity contribution in [2.45, 2.75) is 52.0 Å². The number of hydrogen-bond donors (Lipinski definition) is 0. The molecular weight excluding hydrogens is 282 g/mol. The number of benzene rings is 1. The molecule has 0 spiro atoms. The Morgan fingerprint density at radius 3 is 2.09 bits per heavy atom. The average Bonchev–Trinajstić information content (AvgIpc) is 2.62. The zero-order valence-electron chi connectivity index (χ0n) is 14.5. The van der Waals surface area contributed by atoms with Crippen molar-refractivity contribution in [2.75, 3.05) is 13.1 Å². The first-order chi connectivity index (χ1) is 11.1. The van der Waals surface area contributed by atoms with Crippen LogP contribution in [0.2, 0.25) is 0 Å². The summed E-state index contributed by atoms with van der Waals surface area (Å²) in [6, 6.07) is 13.5. The van der Waals surface area contributed by atoms with E-state index in [0.717, 1.165) is 17.0 Å². The SMILES string of the molecule is CC(C)c1ccc(-c2ccc([C@H](C)N3CCCCC3)cc2)nn1. The van der Waals surface area contributed by atoms with Crippen molar-refractivity contribution < 1.29 is 0 Å². The molecule has 3 rings (SSSR count). The predicted octanol–water partition coefficient (Wildman–Crippen LogP) is 4.81. The van der Waals surface area contributed by atoms with E-state index in [-0.39, 0.29) is 0 Å². The Balaban J connectivity index is 1.73. The third kappa shape index (κ3) is 3.78. The van der Waals surface area contributed by atoms with Crippen LogP contribution in [0, 0.1) is 0 Å². The van der Waals surface area contributed by atoms with E-state index in [1.54, 1.807) is 0 Å². The monoisotopic (exact) mass is 309 g/mol. The summed E-state index contributed by atoms with van der Waals surface area (Å²) in [5.41, 5.74) is 4.53. The second-order valence-electron chi connectivity index (χ2n) is 6.89. The summed E-state index contributed by atoms with van der Waals surface area (Å²) >= 11 is 0. The topological polar surface area (TPSA) is 29.0 Å². The van der Waals surface area contributed by atoms with Crippen LogP contribution in [-0.2, 0) is 0 Å². The second kappa shape index (κ2) is 7.22. The lowest BCUT2D eigenvalue weighted by Crippen LogP contribution is -2.32. The summed E-state index contributed by atoms with van der Waals surface area (Å²) in [4.78, 5) is 2.59. The first-order valence-electron chi connectivity index (χ1n) is 8.83. The maximum atomic E-state index is 4.37. The zero-order chi connectivity index (χ0) is 16.2. The summed E-state index contributed by atoms with van der Waals surface area (Å²) in [7, 11) is 0. The van der Waals surface area contributed by atoms with Gasteiger partial charge < -0.3 is 0 Å². The third-order valence-corrected chi connectivity index (χ3v) is 4.90. The fourth-order valence-electron chi connectivity index (χ4n) is 3.25. The van der Waals surface area contributed by atoms with Crippen molar-refractivity contribution in [1.29, 1.82) is 0 Å². The molecule has 1 fully saturated rings. The molecule has 3 heteroatoms. The molecule has 0 saturated carbocycles. The number of nitrogens with zero attached hydrogens (tertiary/aromatic N) is 3. The minimum atomic E-state index is 0.421. The molecule has 1 aromatic carbocycles. The van der Waals surface area contributed by atoms with Crippen LogP contribution >= 0.6 is 0 Å². The van der Waals surface area contributed by atoms with E-state index in [0.29, 0.717) is 12.0 Å². The summed E-state index contributed by atoms with van der Waals surface area (Å²) in [6.45, 7) is 9.05. The van der Waals surface area contributed by atoms with Gasteiger partial charge in [0.2, 0.25) is 0 Å². The van der Waals surface area contributed by atoms with Crippen LogP contribution in [0.15, 0.2) is 36.4 Å². The molecule has 0 radical (unpaired) electrons. The summed E-state index contributed by atoms with van der Waals surface area (Å²) in [5, 5.41) is 8.70. The maximum absolute atomic E-state index is 4.37. The lowest BCUT2D eigenvalue weighted by Gasteiger charge is -2.32. The van der Waals surface area contributed by atoms with E-state index < -0.39 is 0 Å². The summed E-state index contributed by atoms with van der Waals surface area (Å²) in [6.07, 6.45) is 4.05. The molecule has 1 aliphatic heterocycles. The fraction of sp³-hybridized carbons (Fsp3) is 0.500. The zero-order valence-corrected chi connectivity index (χ0v) is 14.5. The van der Waals surface area contributed by atoms with E-state index in [2.05, 4.69) is 72.3 Å². The molecule has 0 unspecified atom stereocenters. The number of aromatic nitrogens is 2. The highest BCUT2D eigenvalue weighted by molar-refractivity contribution is 5.59. The van der Waals surface area contributed by atoms with Crippen molar-refractivity contribution in [3.63, 3.8) is 0 Å². The summed E-state index contributed by atoms with van der Waals surface area (Å²) < 4.78 is 0.